The molecule has 3 rings (SSSR count). The van der Waals surface area contributed by atoms with Gasteiger partial charge >= 0.3 is 5.70 Å². The molecule has 0 amide bonds. The van der Waals surface area contributed by atoms with Gasteiger partial charge in [-0.3, -0.25) is 10.1 Å². The fourth-order valence-corrected chi connectivity index (χ4v) is 3.46. The molecule has 2 N–H and O–H groups in total. The van der Waals surface area contributed by atoms with Crippen LogP contribution in [-0.4, -0.2) is 27.4 Å². The van der Waals surface area contributed by atoms with Crippen LogP contribution in [0.25, 0.3) is 0 Å². The number of nitrogens with two attached hydrogens (primary N) is 1. The van der Waals surface area contributed by atoms with Gasteiger partial charge in [0.05, 0.1) is 16.6 Å². The predicted molar refractivity (Wildman–Crippen MR) is 111 cm³/mol. The van der Waals surface area contributed by atoms with E-state index in [2.05, 4.69) is 11.1 Å². The third-order valence-electron chi connectivity index (χ3n) is 4.36. The number of ether oxygens (including phenoxy) is 1. The molecule has 0 aromatic heterocycles. The van der Waals surface area contributed by atoms with Gasteiger partial charge in [0, 0.05) is 6.42 Å². The van der Waals surface area contributed by atoms with E-state index in [1.165, 1.54) is 11.8 Å². The lowest BCUT2D eigenvalue weighted by atomic mass is 10.1. The highest BCUT2D eigenvalue weighted by atomic mass is 32.2. The molecule has 0 aliphatic carbocycles. The van der Waals surface area contributed by atoms with Crippen molar-refractivity contribution in [3.05, 3.63) is 86.9 Å². The smallest absolute Gasteiger partial charge is 0.351 e. The lowest BCUT2D eigenvalue weighted by molar-refractivity contribution is -0.419. The van der Waals surface area contributed by atoms with E-state index < -0.39 is 10.4 Å². The summed E-state index contributed by atoms with van der Waals surface area (Å²) in [6.45, 7) is 1.77. The monoisotopic (exact) mass is 409 g/mol. The molecule has 1 aliphatic heterocycles. The first-order chi connectivity index (χ1) is 13.9. The van der Waals surface area contributed by atoms with Gasteiger partial charge in [0.25, 0.3) is 5.88 Å². The van der Waals surface area contributed by atoms with Gasteiger partial charge in [-0.1, -0.05) is 30.3 Å². The van der Waals surface area contributed by atoms with Crippen LogP contribution in [0, 0.1) is 28.4 Å². The molecule has 0 bridgehead atoms. The Morgan fingerprint density at radius 3 is 2.66 bits per heavy atom. The Balaban J connectivity index is 2.05. The summed E-state index contributed by atoms with van der Waals surface area (Å²) in [5, 5.41) is 22.2. The number of nitro groups is 1. The van der Waals surface area contributed by atoms with Crippen LogP contribution in [0.2, 0.25) is 0 Å². The van der Waals surface area contributed by atoms with Crippen LogP contribution in [-0.2, 0) is 6.42 Å². The number of nitriles is 1. The first-order valence-electron chi connectivity index (χ1n) is 8.69. The van der Waals surface area contributed by atoms with Crippen LogP contribution in [0.1, 0.15) is 16.7 Å². The number of hydrogen-bond donors (Lipinski definition) is 1. The Kier molecular flexibility index (Phi) is 6.16. The summed E-state index contributed by atoms with van der Waals surface area (Å²) in [4.78, 5) is 15.9. The summed E-state index contributed by atoms with van der Waals surface area (Å²) in [5.41, 5.74) is 1.55. The number of aryl methyl sites for hydroxylation is 1. The lowest BCUT2D eigenvalue weighted by Gasteiger charge is -2.30. The largest absolute Gasteiger partial charge is 0.434 e. The third-order valence-corrected chi connectivity index (χ3v) is 5.11. The van der Waals surface area contributed by atoms with Crippen LogP contribution in [0.5, 0.6) is 5.75 Å². The van der Waals surface area contributed by atoms with Gasteiger partial charge < -0.3 is 4.74 Å². The highest BCUT2D eigenvalue weighted by Gasteiger charge is 2.38. The van der Waals surface area contributed by atoms with Gasteiger partial charge in [0.2, 0.25) is 0 Å². The van der Waals surface area contributed by atoms with E-state index in [1.807, 2.05) is 36.6 Å². The first-order valence-corrected chi connectivity index (χ1v) is 9.98. The average Bonchev–Trinajstić information content (AvgIpc) is 2.71. The molecule has 2 aromatic rings. The zero-order chi connectivity index (χ0) is 21.0. The minimum absolute atomic E-state index is 0.0839. The maximum atomic E-state index is 11.9. The number of benzene rings is 2. The van der Waals surface area contributed by atoms with Crippen molar-refractivity contribution in [2.24, 2.45) is 10.8 Å². The normalized spacial score (nSPS) is 16.3. The van der Waals surface area contributed by atoms with Crippen molar-refractivity contribution in [3.63, 3.8) is 0 Å². The highest BCUT2D eigenvalue weighted by Crippen LogP contribution is 2.29. The van der Waals surface area contributed by atoms with Gasteiger partial charge in [0.1, 0.15) is 11.5 Å². The zero-order valence-corrected chi connectivity index (χ0v) is 16.7. The molecule has 1 aliphatic rings. The number of hydrogen-bond acceptors (Lipinski definition) is 8. The molecule has 1 atom stereocenters. The number of aliphatic imine (C=N–C) groups is 1. The van der Waals surface area contributed by atoms with Crippen LogP contribution < -0.4 is 10.6 Å². The number of thioether (sulfide) groups is 1. The number of rotatable bonds is 6. The Morgan fingerprint density at radius 1 is 1.34 bits per heavy atom. The molecule has 148 valence electrons. The Hall–Kier alpha value is -3.35. The highest BCUT2D eigenvalue weighted by molar-refractivity contribution is 7.99. The summed E-state index contributed by atoms with van der Waals surface area (Å²) in [6, 6.07) is 16.3. The van der Waals surface area contributed by atoms with Crippen LogP contribution in [0.3, 0.4) is 0 Å². The maximum Gasteiger partial charge on any atom is 0.351 e. The lowest BCUT2D eigenvalue weighted by Crippen LogP contribution is -2.45. The molecule has 1 unspecified atom stereocenters. The molecule has 1 heterocycles. The molecule has 29 heavy (non-hydrogen) atoms. The minimum Gasteiger partial charge on any atom is -0.434 e. The van der Waals surface area contributed by atoms with Crippen LogP contribution in [0.15, 0.2) is 65.1 Å². The Labute approximate surface area is 172 Å². The van der Waals surface area contributed by atoms with Crippen molar-refractivity contribution in [1.82, 2.24) is 5.01 Å². The quantitative estimate of drug-likeness (QED) is 0.442. The molecular formula is C20H19N5O3S. The van der Waals surface area contributed by atoms with Crippen molar-refractivity contribution in [1.29, 1.82) is 5.26 Å². The molecule has 0 fully saturated rings. The summed E-state index contributed by atoms with van der Waals surface area (Å²) in [6.07, 6.45) is 2.09. The van der Waals surface area contributed by atoms with Crippen molar-refractivity contribution < 1.29 is 9.66 Å². The summed E-state index contributed by atoms with van der Waals surface area (Å²) in [7, 11) is 0. The molecule has 0 spiro atoms. The molecule has 0 saturated heterocycles. The number of nitrogens with zero attached hydrogens (tertiary/aromatic N) is 4. The van der Waals surface area contributed by atoms with E-state index in [1.54, 1.807) is 25.1 Å². The van der Waals surface area contributed by atoms with E-state index in [0.717, 1.165) is 10.6 Å². The SMILES string of the molecule is CSC1N=C(Cc2ccccc2)C([N+](=O)[O-])=C(Oc2ccc(C#N)c(C)c2)N1N. The van der Waals surface area contributed by atoms with Gasteiger partial charge in [-0.25, -0.2) is 15.8 Å². The van der Waals surface area contributed by atoms with Crippen molar-refractivity contribution in [2.45, 2.75) is 18.8 Å². The van der Waals surface area contributed by atoms with Crippen LogP contribution >= 0.6 is 11.8 Å². The summed E-state index contributed by atoms with van der Waals surface area (Å²) < 4.78 is 5.86. The van der Waals surface area contributed by atoms with Gasteiger partial charge in [-0.05, 0) is 42.5 Å². The van der Waals surface area contributed by atoms with E-state index >= 15 is 0 Å². The fourth-order valence-electron chi connectivity index (χ4n) is 2.91. The maximum absolute atomic E-state index is 11.9. The molecule has 9 heteroatoms. The third kappa shape index (κ3) is 4.39. The molecule has 2 aromatic carbocycles. The Morgan fingerprint density at radius 2 is 2.07 bits per heavy atom. The molecular weight excluding hydrogens is 390 g/mol. The van der Waals surface area contributed by atoms with Gasteiger partial charge in [-0.2, -0.15) is 5.26 Å². The van der Waals surface area contributed by atoms with E-state index in [4.69, 9.17) is 15.8 Å². The van der Waals surface area contributed by atoms with E-state index in [-0.39, 0.29) is 18.0 Å². The van der Waals surface area contributed by atoms with Crippen LogP contribution in [0.4, 0.5) is 0 Å². The van der Waals surface area contributed by atoms with Crippen molar-refractivity contribution in [3.8, 4) is 11.8 Å². The first kappa shape index (κ1) is 20.4. The van der Waals surface area contributed by atoms with Crippen molar-refractivity contribution >= 4 is 17.5 Å². The average molecular weight is 409 g/mol. The van der Waals surface area contributed by atoms with Gasteiger partial charge in [0.15, 0.2) is 5.50 Å². The molecule has 8 nitrogen and oxygen atoms in total. The standard InChI is InChI=1S/C20H19N5O3S/c1-13-10-16(9-8-15(13)12-21)28-19-18(25(26)27)17(23-20(29-2)24(19)22)11-14-6-4-3-5-7-14/h3-10,20H,11,22H2,1-2H3. The summed E-state index contributed by atoms with van der Waals surface area (Å²) in [5.74, 6) is 6.40. The Bertz CT molecular complexity index is 1030. The van der Waals surface area contributed by atoms with Gasteiger partial charge in [-0.15, -0.1) is 11.8 Å². The topological polar surface area (TPSA) is 118 Å². The predicted octanol–water partition coefficient (Wildman–Crippen LogP) is 3.21. The second-order valence-electron chi connectivity index (χ2n) is 6.31. The van der Waals surface area contributed by atoms with Crippen molar-refractivity contribution in [2.75, 3.05) is 6.26 Å². The minimum atomic E-state index is -0.563. The second kappa shape index (κ2) is 8.77. The molecule has 0 radical (unpaired) electrons. The number of hydrazine groups is 1. The molecule has 0 saturated carbocycles. The zero-order valence-electron chi connectivity index (χ0n) is 15.9. The second-order valence-corrected chi connectivity index (χ2v) is 7.20. The summed E-state index contributed by atoms with van der Waals surface area (Å²) >= 11 is 1.34. The fraction of sp³-hybridized carbons (Fsp3) is 0.200. The van der Waals surface area contributed by atoms with E-state index in [9.17, 15) is 10.1 Å². The van der Waals surface area contributed by atoms with E-state index in [0.29, 0.717) is 22.6 Å². The number of allylic oxidation sites excluding steroid dienone is 1.